The summed E-state index contributed by atoms with van der Waals surface area (Å²) in [6.07, 6.45) is 2.52. The molecule has 0 unspecified atom stereocenters. The van der Waals surface area contributed by atoms with E-state index in [0.29, 0.717) is 18.1 Å². The molecule has 0 spiro atoms. The van der Waals surface area contributed by atoms with Gasteiger partial charge in [0.05, 0.1) is 0 Å². The summed E-state index contributed by atoms with van der Waals surface area (Å²) in [5.41, 5.74) is 1.36. The van der Waals surface area contributed by atoms with Crippen molar-refractivity contribution in [1.29, 1.82) is 0 Å². The average Bonchev–Trinajstić information content (AvgIpc) is 2.39. The highest BCUT2D eigenvalue weighted by molar-refractivity contribution is 9.10. The van der Waals surface area contributed by atoms with Crippen molar-refractivity contribution in [3.63, 3.8) is 0 Å². The van der Waals surface area contributed by atoms with Crippen LogP contribution in [-0.4, -0.2) is 30.1 Å². The predicted molar refractivity (Wildman–Crippen MR) is 85.4 cm³/mol. The molecule has 0 amide bonds. The molecule has 0 radical (unpaired) electrons. The summed E-state index contributed by atoms with van der Waals surface area (Å²) in [4.78, 5) is 2.57. The molecular weight excluding hydrogens is 300 g/mol. The maximum absolute atomic E-state index is 3.77. The van der Waals surface area contributed by atoms with Crippen molar-refractivity contribution < 1.29 is 0 Å². The Hall–Kier alpha value is -0.380. The summed E-state index contributed by atoms with van der Waals surface area (Å²) in [5, 5.41) is 3.77. The standard InChI is InChI=1S/C16H25BrN2/c1-12(2)19-9-7-16(8-10-19)18-13(3)14-5-4-6-15(17)11-14/h4-6,11-13,16,18H,7-10H2,1-3H3/t13-/m0/s1. The van der Waals surface area contributed by atoms with Crippen molar-refractivity contribution in [3.8, 4) is 0 Å². The zero-order valence-corrected chi connectivity index (χ0v) is 13.8. The maximum atomic E-state index is 3.77. The molecule has 3 heteroatoms. The summed E-state index contributed by atoms with van der Waals surface area (Å²) < 4.78 is 1.16. The molecule has 2 nitrogen and oxygen atoms in total. The smallest absolute Gasteiger partial charge is 0.0294 e. The first kappa shape index (κ1) is 15.0. The molecule has 1 atom stereocenters. The van der Waals surface area contributed by atoms with Crippen LogP contribution in [0.3, 0.4) is 0 Å². The van der Waals surface area contributed by atoms with E-state index in [4.69, 9.17) is 0 Å². The fraction of sp³-hybridized carbons (Fsp3) is 0.625. The first-order valence-electron chi connectivity index (χ1n) is 7.32. The van der Waals surface area contributed by atoms with E-state index in [1.165, 1.54) is 31.5 Å². The summed E-state index contributed by atoms with van der Waals surface area (Å²) in [7, 11) is 0. The molecule has 1 saturated heterocycles. The zero-order valence-electron chi connectivity index (χ0n) is 12.2. The van der Waals surface area contributed by atoms with Crippen LogP contribution in [0.15, 0.2) is 28.7 Å². The van der Waals surface area contributed by atoms with Gasteiger partial charge in [0, 0.05) is 22.6 Å². The van der Waals surface area contributed by atoms with Crippen molar-refractivity contribution in [2.24, 2.45) is 0 Å². The third-order valence-electron chi connectivity index (χ3n) is 4.09. The lowest BCUT2D eigenvalue weighted by Crippen LogP contribution is -2.45. The van der Waals surface area contributed by atoms with Crippen molar-refractivity contribution in [2.75, 3.05) is 13.1 Å². The molecule has 1 heterocycles. The Balaban J connectivity index is 1.85. The number of likely N-dealkylation sites (tertiary alicyclic amines) is 1. The number of nitrogens with one attached hydrogen (secondary N) is 1. The molecule has 2 rings (SSSR count). The second-order valence-corrected chi connectivity index (χ2v) is 6.76. The Kier molecular flexibility index (Phi) is 5.43. The maximum Gasteiger partial charge on any atom is 0.0294 e. The lowest BCUT2D eigenvalue weighted by atomic mass is 10.0. The molecule has 1 N–H and O–H groups in total. The van der Waals surface area contributed by atoms with Gasteiger partial charge in [0.25, 0.3) is 0 Å². The third-order valence-corrected chi connectivity index (χ3v) is 4.59. The minimum atomic E-state index is 0.424. The van der Waals surface area contributed by atoms with E-state index in [1.54, 1.807) is 0 Å². The van der Waals surface area contributed by atoms with Crippen molar-refractivity contribution in [1.82, 2.24) is 10.2 Å². The molecule has 1 fully saturated rings. The molecule has 106 valence electrons. The fourth-order valence-electron chi connectivity index (χ4n) is 2.81. The third kappa shape index (κ3) is 4.30. The topological polar surface area (TPSA) is 15.3 Å². The number of nitrogens with zero attached hydrogens (tertiary/aromatic N) is 1. The largest absolute Gasteiger partial charge is 0.307 e. The molecule has 1 aliphatic rings. The number of benzene rings is 1. The van der Waals surface area contributed by atoms with Gasteiger partial charge in [0.1, 0.15) is 0 Å². The Morgan fingerprint density at radius 3 is 2.47 bits per heavy atom. The Morgan fingerprint density at radius 2 is 1.89 bits per heavy atom. The summed E-state index contributed by atoms with van der Waals surface area (Å²) in [6.45, 7) is 9.29. The van der Waals surface area contributed by atoms with Gasteiger partial charge in [-0.05, 0) is 64.4 Å². The Labute approximate surface area is 125 Å². The number of piperidine rings is 1. The van der Waals surface area contributed by atoms with Crippen molar-refractivity contribution in [3.05, 3.63) is 34.3 Å². The van der Waals surface area contributed by atoms with Crippen LogP contribution in [0.25, 0.3) is 0 Å². The fourth-order valence-corrected chi connectivity index (χ4v) is 3.23. The van der Waals surface area contributed by atoms with Crippen LogP contribution < -0.4 is 5.32 Å². The SMILES string of the molecule is CC(C)N1CCC(N[C@@H](C)c2cccc(Br)c2)CC1. The van der Waals surface area contributed by atoms with Crippen LogP contribution in [0.4, 0.5) is 0 Å². The van der Waals surface area contributed by atoms with Gasteiger partial charge in [-0.1, -0.05) is 28.1 Å². The van der Waals surface area contributed by atoms with E-state index in [1.807, 2.05) is 0 Å². The zero-order chi connectivity index (χ0) is 13.8. The lowest BCUT2D eigenvalue weighted by molar-refractivity contribution is 0.157. The summed E-state index contributed by atoms with van der Waals surface area (Å²) in [6, 6.07) is 10.4. The molecule has 1 aliphatic heterocycles. The first-order valence-corrected chi connectivity index (χ1v) is 8.11. The van der Waals surface area contributed by atoms with Crippen LogP contribution in [0, 0.1) is 0 Å². The van der Waals surface area contributed by atoms with Gasteiger partial charge in [-0.3, -0.25) is 0 Å². The average molecular weight is 325 g/mol. The molecule has 0 saturated carbocycles. The highest BCUT2D eigenvalue weighted by atomic mass is 79.9. The molecule has 0 bridgehead atoms. The molecule has 19 heavy (non-hydrogen) atoms. The highest BCUT2D eigenvalue weighted by Crippen LogP contribution is 2.21. The summed E-state index contributed by atoms with van der Waals surface area (Å²) in [5.74, 6) is 0. The normalized spacial score (nSPS) is 19.8. The van der Waals surface area contributed by atoms with Crippen LogP contribution in [-0.2, 0) is 0 Å². The van der Waals surface area contributed by atoms with Crippen molar-refractivity contribution >= 4 is 15.9 Å². The van der Waals surface area contributed by atoms with E-state index in [2.05, 4.69) is 71.2 Å². The molecule has 1 aromatic rings. The van der Waals surface area contributed by atoms with E-state index < -0.39 is 0 Å². The monoisotopic (exact) mass is 324 g/mol. The van der Waals surface area contributed by atoms with Crippen LogP contribution >= 0.6 is 15.9 Å². The second kappa shape index (κ2) is 6.87. The van der Waals surface area contributed by atoms with Gasteiger partial charge in [-0.2, -0.15) is 0 Å². The molecule has 1 aromatic carbocycles. The Bertz CT molecular complexity index is 397. The van der Waals surface area contributed by atoms with Gasteiger partial charge >= 0.3 is 0 Å². The molecule has 0 aliphatic carbocycles. The van der Waals surface area contributed by atoms with E-state index in [9.17, 15) is 0 Å². The second-order valence-electron chi connectivity index (χ2n) is 5.85. The van der Waals surface area contributed by atoms with Gasteiger partial charge in [-0.15, -0.1) is 0 Å². The van der Waals surface area contributed by atoms with Gasteiger partial charge in [0.15, 0.2) is 0 Å². The van der Waals surface area contributed by atoms with Gasteiger partial charge in [-0.25, -0.2) is 0 Å². The minimum Gasteiger partial charge on any atom is -0.307 e. The molecular formula is C16H25BrN2. The van der Waals surface area contributed by atoms with Crippen LogP contribution in [0.2, 0.25) is 0 Å². The van der Waals surface area contributed by atoms with Crippen molar-refractivity contribution in [2.45, 2.75) is 51.7 Å². The number of rotatable bonds is 4. The summed E-state index contributed by atoms with van der Waals surface area (Å²) >= 11 is 3.54. The molecule has 0 aromatic heterocycles. The van der Waals surface area contributed by atoms with E-state index in [-0.39, 0.29) is 0 Å². The highest BCUT2D eigenvalue weighted by Gasteiger charge is 2.22. The van der Waals surface area contributed by atoms with Crippen LogP contribution in [0.5, 0.6) is 0 Å². The van der Waals surface area contributed by atoms with Crippen LogP contribution in [0.1, 0.15) is 45.2 Å². The lowest BCUT2D eigenvalue weighted by Gasteiger charge is -2.36. The van der Waals surface area contributed by atoms with E-state index >= 15 is 0 Å². The quantitative estimate of drug-likeness (QED) is 0.901. The number of hydrogen-bond acceptors (Lipinski definition) is 2. The van der Waals surface area contributed by atoms with Gasteiger partial charge in [0.2, 0.25) is 0 Å². The number of hydrogen-bond donors (Lipinski definition) is 1. The number of halogens is 1. The first-order chi connectivity index (χ1) is 9.06. The van der Waals surface area contributed by atoms with Gasteiger partial charge < -0.3 is 10.2 Å². The predicted octanol–water partition coefficient (Wildman–Crippen LogP) is 3.97. The Morgan fingerprint density at radius 1 is 1.21 bits per heavy atom. The minimum absolute atomic E-state index is 0.424. The van der Waals surface area contributed by atoms with E-state index in [0.717, 1.165) is 4.47 Å².